The maximum atomic E-state index is 9.67. The molecule has 1 heterocycles. The van der Waals surface area contributed by atoms with Gasteiger partial charge in [-0.2, -0.15) is 0 Å². The fourth-order valence-corrected chi connectivity index (χ4v) is 2.02. The van der Waals surface area contributed by atoms with E-state index in [1.54, 1.807) is 0 Å². The Morgan fingerprint density at radius 2 is 1.87 bits per heavy atom. The van der Waals surface area contributed by atoms with Gasteiger partial charge in [0.15, 0.2) is 0 Å². The van der Waals surface area contributed by atoms with E-state index in [1.807, 2.05) is 6.92 Å². The summed E-state index contributed by atoms with van der Waals surface area (Å²) in [6.07, 6.45) is 0.948. The van der Waals surface area contributed by atoms with Gasteiger partial charge in [0.05, 0.1) is 24.9 Å². The molecule has 5 atom stereocenters. The van der Waals surface area contributed by atoms with E-state index in [1.165, 1.54) is 0 Å². The van der Waals surface area contributed by atoms with Crippen LogP contribution in [0.1, 0.15) is 26.2 Å². The number of rotatable bonds is 5. The number of nitrogens with two attached hydrogens (primary N) is 1. The summed E-state index contributed by atoms with van der Waals surface area (Å²) in [6.45, 7) is 1.80. The van der Waals surface area contributed by atoms with E-state index < -0.39 is 18.2 Å². The predicted octanol–water partition coefficient (Wildman–Crippen LogP) is -1.44. The maximum Gasteiger partial charge on any atom is 0.0989 e. The Morgan fingerprint density at radius 1 is 1.27 bits per heavy atom. The Kier molecular flexibility index (Phi) is 4.95. The molecule has 6 N–H and O–H groups in total. The van der Waals surface area contributed by atoms with Crippen LogP contribution in [0.25, 0.3) is 0 Å². The van der Waals surface area contributed by atoms with Gasteiger partial charge in [-0.1, -0.05) is 6.42 Å². The van der Waals surface area contributed by atoms with Crippen LogP contribution >= 0.6 is 0 Å². The molecule has 1 fully saturated rings. The van der Waals surface area contributed by atoms with Crippen LogP contribution in [0.4, 0.5) is 0 Å². The predicted molar refractivity (Wildman–Crippen MR) is 57.3 cm³/mol. The summed E-state index contributed by atoms with van der Waals surface area (Å²) in [5, 5.41) is 31.2. The number of hydrogen-bond acceptors (Lipinski definition) is 5. The standard InChI is InChI=1S/C10H22N2O3/c1-6(11)3-2-4-7-9(14)10(15)8(5-13)12-7/h6-10,12-15H,2-5,11H2,1H3/t6?,7-,8-,9-,10-/m0/s1. The molecule has 0 saturated carbocycles. The number of hydrogen-bond donors (Lipinski definition) is 5. The summed E-state index contributed by atoms with van der Waals surface area (Å²) in [7, 11) is 0. The monoisotopic (exact) mass is 218 g/mol. The van der Waals surface area contributed by atoms with Crippen molar-refractivity contribution in [3.63, 3.8) is 0 Å². The molecule has 0 aromatic rings. The quantitative estimate of drug-likeness (QED) is 0.389. The van der Waals surface area contributed by atoms with Gasteiger partial charge >= 0.3 is 0 Å². The van der Waals surface area contributed by atoms with Crippen molar-refractivity contribution < 1.29 is 15.3 Å². The van der Waals surface area contributed by atoms with Gasteiger partial charge in [-0.05, 0) is 19.8 Å². The molecule has 1 aliphatic heterocycles. The lowest BCUT2D eigenvalue weighted by atomic mass is 10.0. The lowest BCUT2D eigenvalue weighted by molar-refractivity contribution is 0.0186. The molecule has 15 heavy (non-hydrogen) atoms. The summed E-state index contributed by atoms with van der Waals surface area (Å²) in [5.74, 6) is 0. The summed E-state index contributed by atoms with van der Waals surface area (Å²) in [6, 6.07) is -0.363. The SMILES string of the molecule is CC(N)CCC[C@@H]1N[C@@H](CO)[C@H](O)[C@H]1O. The van der Waals surface area contributed by atoms with E-state index in [0.29, 0.717) is 0 Å². The smallest absolute Gasteiger partial charge is 0.0989 e. The van der Waals surface area contributed by atoms with Crippen molar-refractivity contribution in [1.29, 1.82) is 0 Å². The molecule has 5 nitrogen and oxygen atoms in total. The van der Waals surface area contributed by atoms with Gasteiger partial charge in [-0.3, -0.25) is 0 Å². The van der Waals surface area contributed by atoms with Gasteiger partial charge in [0.2, 0.25) is 0 Å². The Bertz CT molecular complexity index is 190. The third-order valence-electron chi connectivity index (χ3n) is 2.97. The van der Waals surface area contributed by atoms with Gasteiger partial charge in [-0.25, -0.2) is 0 Å². The van der Waals surface area contributed by atoms with Crippen LogP contribution < -0.4 is 11.1 Å². The molecule has 0 aromatic carbocycles. The van der Waals surface area contributed by atoms with E-state index in [4.69, 9.17) is 10.8 Å². The third-order valence-corrected chi connectivity index (χ3v) is 2.97. The van der Waals surface area contributed by atoms with Crippen molar-refractivity contribution in [3.05, 3.63) is 0 Å². The number of aliphatic hydroxyl groups excluding tert-OH is 3. The molecular weight excluding hydrogens is 196 g/mol. The van der Waals surface area contributed by atoms with Crippen LogP contribution in [0, 0.1) is 0 Å². The van der Waals surface area contributed by atoms with Crippen LogP contribution in [-0.4, -0.2) is 52.3 Å². The summed E-state index contributed by atoms with van der Waals surface area (Å²) < 4.78 is 0. The molecule has 90 valence electrons. The van der Waals surface area contributed by atoms with Crippen molar-refractivity contribution in [2.24, 2.45) is 5.73 Å². The Morgan fingerprint density at radius 3 is 2.33 bits per heavy atom. The van der Waals surface area contributed by atoms with Crippen molar-refractivity contribution >= 4 is 0 Å². The lowest BCUT2D eigenvalue weighted by Gasteiger charge is -2.16. The number of aliphatic hydroxyl groups is 3. The first kappa shape index (κ1) is 12.9. The summed E-state index contributed by atoms with van der Waals surface area (Å²) in [5.41, 5.74) is 5.62. The van der Waals surface area contributed by atoms with Gasteiger partial charge < -0.3 is 26.4 Å². The largest absolute Gasteiger partial charge is 0.395 e. The molecule has 1 aliphatic rings. The lowest BCUT2D eigenvalue weighted by Crippen LogP contribution is -2.36. The molecular formula is C10H22N2O3. The van der Waals surface area contributed by atoms with Crippen molar-refractivity contribution in [1.82, 2.24) is 5.32 Å². The van der Waals surface area contributed by atoms with Crippen LogP contribution in [0.15, 0.2) is 0 Å². The first-order valence-electron chi connectivity index (χ1n) is 5.55. The zero-order valence-electron chi connectivity index (χ0n) is 9.13. The number of nitrogens with one attached hydrogen (secondary N) is 1. The summed E-state index contributed by atoms with van der Waals surface area (Å²) >= 11 is 0. The Labute approximate surface area is 90.3 Å². The second kappa shape index (κ2) is 5.77. The molecule has 1 saturated heterocycles. The van der Waals surface area contributed by atoms with Gasteiger partial charge in [-0.15, -0.1) is 0 Å². The van der Waals surface area contributed by atoms with Crippen LogP contribution in [0.3, 0.4) is 0 Å². The highest BCUT2D eigenvalue weighted by Crippen LogP contribution is 2.18. The van der Waals surface area contributed by atoms with E-state index in [2.05, 4.69) is 5.32 Å². The highest BCUT2D eigenvalue weighted by molar-refractivity contribution is 4.97. The minimum Gasteiger partial charge on any atom is -0.395 e. The third kappa shape index (κ3) is 3.39. The van der Waals surface area contributed by atoms with Crippen molar-refractivity contribution in [2.45, 2.75) is 56.5 Å². The van der Waals surface area contributed by atoms with Crippen LogP contribution in [-0.2, 0) is 0 Å². The highest BCUT2D eigenvalue weighted by atomic mass is 16.3. The molecule has 0 aliphatic carbocycles. The molecule has 0 spiro atoms. The highest BCUT2D eigenvalue weighted by Gasteiger charge is 2.39. The van der Waals surface area contributed by atoms with Crippen molar-refractivity contribution in [2.75, 3.05) is 6.61 Å². The minimum absolute atomic E-state index is 0.129. The zero-order chi connectivity index (χ0) is 11.4. The van der Waals surface area contributed by atoms with E-state index in [0.717, 1.165) is 19.3 Å². The topological polar surface area (TPSA) is 98.7 Å². The molecule has 5 heteroatoms. The molecule has 0 bridgehead atoms. The van der Waals surface area contributed by atoms with E-state index >= 15 is 0 Å². The second-order valence-corrected chi connectivity index (χ2v) is 4.45. The first-order chi connectivity index (χ1) is 7.06. The molecule has 0 amide bonds. The average molecular weight is 218 g/mol. The minimum atomic E-state index is -0.865. The second-order valence-electron chi connectivity index (χ2n) is 4.45. The Hall–Kier alpha value is -0.200. The molecule has 0 aromatic heterocycles. The van der Waals surface area contributed by atoms with Gasteiger partial charge in [0.1, 0.15) is 0 Å². The van der Waals surface area contributed by atoms with Crippen LogP contribution in [0.2, 0.25) is 0 Å². The zero-order valence-corrected chi connectivity index (χ0v) is 9.13. The molecule has 1 rings (SSSR count). The molecule has 0 radical (unpaired) electrons. The van der Waals surface area contributed by atoms with E-state index in [9.17, 15) is 10.2 Å². The van der Waals surface area contributed by atoms with Crippen LogP contribution in [0.5, 0.6) is 0 Å². The fraction of sp³-hybridized carbons (Fsp3) is 1.00. The average Bonchev–Trinajstić information content (AvgIpc) is 2.45. The summed E-state index contributed by atoms with van der Waals surface area (Å²) in [4.78, 5) is 0. The maximum absolute atomic E-state index is 9.67. The van der Waals surface area contributed by atoms with Gasteiger partial charge in [0, 0.05) is 12.1 Å². The fourth-order valence-electron chi connectivity index (χ4n) is 2.02. The first-order valence-corrected chi connectivity index (χ1v) is 5.55. The van der Waals surface area contributed by atoms with Gasteiger partial charge in [0.25, 0.3) is 0 Å². The van der Waals surface area contributed by atoms with Crippen molar-refractivity contribution in [3.8, 4) is 0 Å². The van der Waals surface area contributed by atoms with E-state index in [-0.39, 0.29) is 18.7 Å². The molecule has 1 unspecified atom stereocenters. The normalized spacial score (nSPS) is 38.2. The Balaban J connectivity index is 2.31.